The maximum atomic E-state index is 9.64. The average Bonchev–Trinajstić information content (AvgIpc) is 2.31. The minimum atomic E-state index is -0.00104. The molecule has 0 saturated carbocycles. The van der Waals surface area contributed by atoms with Gasteiger partial charge in [-0.3, -0.25) is 0 Å². The second kappa shape index (κ2) is 4.33. The molecule has 2 N–H and O–H groups in total. The molecule has 0 aliphatic carbocycles. The zero-order chi connectivity index (χ0) is 10.7. The molecule has 15 heavy (non-hydrogen) atoms. The molecule has 0 bridgehead atoms. The first kappa shape index (κ1) is 10.7. The predicted molar refractivity (Wildman–Crippen MR) is 62.0 cm³/mol. The molecule has 2 heteroatoms. The minimum absolute atomic E-state index is 0.00104. The normalized spacial score (nSPS) is 20.1. The van der Waals surface area contributed by atoms with Gasteiger partial charge in [0.1, 0.15) is 0 Å². The average molecular weight is 205 g/mol. The topological polar surface area (TPSA) is 32.3 Å². The SMILES string of the molecule is Cc1ccc(C2(CO)CCNCC2)cc1. The second-order valence-electron chi connectivity index (χ2n) is 4.55. The van der Waals surface area contributed by atoms with Crippen molar-refractivity contribution < 1.29 is 5.11 Å². The van der Waals surface area contributed by atoms with E-state index >= 15 is 0 Å². The van der Waals surface area contributed by atoms with E-state index in [2.05, 4.69) is 36.5 Å². The van der Waals surface area contributed by atoms with Crippen LogP contribution in [0.25, 0.3) is 0 Å². The van der Waals surface area contributed by atoms with Gasteiger partial charge in [0, 0.05) is 5.41 Å². The lowest BCUT2D eigenvalue weighted by Crippen LogP contribution is -2.42. The summed E-state index contributed by atoms with van der Waals surface area (Å²) in [7, 11) is 0. The molecule has 0 unspecified atom stereocenters. The summed E-state index contributed by atoms with van der Waals surface area (Å²) in [6, 6.07) is 8.59. The van der Waals surface area contributed by atoms with Gasteiger partial charge in [0.2, 0.25) is 0 Å². The molecular formula is C13H19NO. The van der Waals surface area contributed by atoms with Gasteiger partial charge in [-0.15, -0.1) is 0 Å². The highest BCUT2D eigenvalue weighted by atomic mass is 16.3. The Kier molecular flexibility index (Phi) is 3.08. The fourth-order valence-corrected chi connectivity index (χ4v) is 2.35. The molecule has 2 rings (SSSR count). The summed E-state index contributed by atoms with van der Waals surface area (Å²) < 4.78 is 0. The Morgan fingerprint density at radius 2 is 1.80 bits per heavy atom. The van der Waals surface area contributed by atoms with E-state index in [9.17, 15) is 5.11 Å². The van der Waals surface area contributed by atoms with Gasteiger partial charge in [0.05, 0.1) is 6.61 Å². The molecule has 2 nitrogen and oxygen atoms in total. The zero-order valence-electron chi connectivity index (χ0n) is 9.29. The Morgan fingerprint density at radius 1 is 1.20 bits per heavy atom. The highest BCUT2D eigenvalue weighted by Crippen LogP contribution is 2.32. The third-order valence-corrected chi connectivity index (χ3v) is 3.53. The van der Waals surface area contributed by atoms with Crippen molar-refractivity contribution in [3.05, 3.63) is 35.4 Å². The van der Waals surface area contributed by atoms with Crippen LogP contribution in [0.3, 0.4) is 0 Å². The molecule has 1 aromatic carbocycles. The summed E-state index contributed by atoms with van der Waals surface area (Å²) in [5.41, 5.74) is 2.57. The number of hydrogen-bond donors (Lipinski definition) is 2. The number of nitrogens with one attached hydrogen (secondary N) is 1. The van der Waals surface area contributed by atoms with Crippen molar-refractivity contribution in [1.82, 2.24) is 5.32 Å². The molecule has 0 amide bonds. The third kappa shape index (κ3) is 2.06. The van der Waals surface area contributed by atoms with Crippen LogP contribution >= 0.6 is 0 Å². The molecular weight excluding hydrogens is 186 g/mol. The van der Waals surface area contributed by atoms with Crippen molar-refractivity contribution in [3.63, 3.8) is 0 Å². The van der Waals surface area contributed by atoms with Crippen LogP contribution in [-0.4, -0.2) is 24.8 Å². The Balaban J connectivity index is 2.28. The quantitative estimate of drug-likeness (QED) is 0.769. The smallest absolute Gasteiger partial charge is 0.0528 e. The Hall–Kier alpha value is -0.860. The largest absolute Gasteiger partial charge is 0.395 e. The maximum absolute atomic E-state index is 9.64. The van der Waals surface area contributed by atoms with Gasteiger partial charge in [0.15, 0.2) is 0 Å². The molecule has 1 aliphatic rings. The van der Waals surface area contributed by atoms with Crippen molar-refractivity contribution in [3.8, 4) is 0 Å². The van der Waals surface area contributed by atoms with Crippen LogP contribution in [0.1, 0.15) is 24.0 Å². The molecule has 0 atom stereocenters. The van der Waals surface area contributed by atoms with Gasteiger partial charge < -0.3 is 10.4 Å². The summed E-state index contributed by atoms with van der Waals surface area (Å²) in [6.45, 7) is 4.37. The highest BCUT2D eigenvalue weighted by Gasteiger charge is 2.32. The Morgan fingerprint density at radius 3 is 2.33 bits per heavy atom. The number of benzene rings is 1. The van der Waals surface area contributed by atoms with E-state index in [-0.39, 0.29) is 12.0 Å². The van der Waals surface area contributed by atoms with Crippen molar-refractivity contribution >= 4 is 0 Å². The second-order valence-corrected chi connectivity index (χ2v) is 4.55. The van der Waals surface area contributed by atoms with E-state index in [1.54, 1.807) is 0 Å². The van der Waals surface area contributed by atoms with Crippen molar-refractivity contribution in [1.29, 1.82) is 0 Å². The van der Waals surface area contributed by atoms with Crippen molar-refractivity contribution in [2.24, 2.45) is 0 Å². The van der Waals surface area contributed by atoms with Gasteiger partial charge >= 0.3 is 0 Å². The molecule has 1 aromatic rings. The van der Waals surface area contributed by atoms with E-state index in [4.69, 9.17) is 0 Å². The van der Waals surface area contributed by atoms with E-state index in [0.717, 1.165) is 25.9 Å². The molecule has 82 valence electrons. The van der Waals surface area contributed by atoms with E-state index in [1.807, 2.05) is 0 Å². The van der Waals surface area contributed by atoms with Crippen LogP contribution in [0, 0.1) is 6.92 Å². The lowest BCUT2D eigenvalue weighted by atomic mass is 9.74. The highest BCUT2D eigenvalue weighted by molar-refractivity contribution is 5.29. The van der Waals surface area contributed by atoms with Crippen LogP contribution in [0.2, 0.25) is 0 Å². The number of hydrogen-bond acceptors (Lipinski definition) is 2. The van der Waals surface area contributed by atoms with Gasteiger partial charge in [-0.2, -0.15) is 0 Å². The molecule has 1 aliphatic heterocycles. The number of rotatable bonds is 2. The van der Waals surface area contributed by atoms with Crippen LogP contribution in [0.4, 0.5) is 0 Å². The minimum Gasteiger partial charge on any atom is -0.395 e. The van der Waals surface area contributed by atoms with Gasteiger partial charge in [0.25, 0.3) is 0 Å². The standard InChI is InChI=1S/C13H19NO/c1-11-2-4-12(5-3-11)13(10-15)6-8-14-9-7-13/h2-5,14-15H,6-10H2,1H3. The molecule has 1 fully saturated rings. The summed E-state index contributed by atoms with van der Waals surface area (Å²) in [5.74, 6) is 0. The number of piperidine rings is 1. The summed E-state index contributed by atoms with van der Waals surface area (Å²) in [6.07, 6.45) is 2.07. The van der Waals surface area contributed by atoms with E-state index < -0.39 is 0 Å². The maximum Gasteiger partial charge on any atom is 0.0528 e. The van der Waals surface area contributed by atoms with Crippen LogP contribution in [0.15, 0.2) is 24.3 Å². The molecule has 1 heterocycles. The summed E-state index contributed by atoms with van der Waals surface area (Å²) >= 11 is 0. The van der Waals surface area contributed by atoms with Crippen molar-refractivity contribution in [2.75, 3.05) is 19.7 Å². The predicted octanol–water partition coefficient (Wildman–Crippen LogP) is 1.61. The lowest BCUT2D eigenvalue weighted by Gasteiger charge is -2.36. The van der Waals surface area contributed by atoms with Gasteiger partial charge in [-0.25, -0.2) is 0 Å². The summed E-state index contributed by atoms with van der Waals surface area (Å²) in [5, 5.41) is 13.0. The molecule has 1 saturated heterocycles. The third-order valence-electron chi connectivity index (χ3n) is 3.53. The first-order valence-electron chi connectivity index (χ1n) is 5.66. The Bertz CT molecular complexity index is 312. The number of aryl methyl sites for hydroxylation is 1. The van der Waals surface area contributed by atoms with E-state index in [1.165, 1.54) is 11.1 Å². The number of aliphatic hydroxyl groups is 1. The monoisotopic (exact) mass is 205 g/mol. The van der Waals surface area contributed by atoms with Crippen LogP contribution in [-0.2, 0) is 5.41 Å². The molecule has 0 spiro atoms. The first-order valence-corrected chi connectivity index (χ1v) is 5.66. The van der Waals surface area contributed by atoms with Crippen LogP contribution in [0.5, 0.6) is 0 Å². The zero-order valence-corrected chi connectivity index (χ0v) is 9.29. The Labute approximate surface area is 91.3 Å². The first-order chi connectivity index (χ1) is 7.27. The van der Waals surface area contributed by atoms with Gasteiger partial charge in [-0.1, -0.05) is 29.8 Å². The van der Waals surface area contributed by atoms with Crippen LogP contribution < -0.4 is 5.32 Å². The molecule has 0 aromatic heterocycles. The fraction of sp³-hybridized carbons (Fsp3) is 0.538. The molecule has 0 radical (unpaired) electrons. The van der Waals surface area contributed by atoms with Crippen molar-refractivity contribution in [2.45, 2.75) is 25.2 Å². The summed E-state index contributed by atoms with van der Waals surface area (Å²) in [4.78, 5) is 0. The van der Waals surface area contributed by atoms with Gasteiger partial charge in [-0.05, 0) is 38.4 Å². The fourth-order valence-electron chi connectivity index (χ4n) is 2.35. The van der Waals surface area contributed by atoms with E-state index in [0.29, 0.717) is 0 Å². The lowest BCUT2D eigenvalue weighted by molar-refractivity contribution is 0.158. The number of aliphatic hydroxyl groups excluding tert-OH is 1.